The highest BCUT2D eigenvalue weighted by atomic mass is 16.1. The average Bonchev–Trinajstić information content (AvgIpc) is 2.36. The van der Waals surface area contributed by atoms with Crippen molar-refractivity contribution in [3.8, 4) is 0 Å². The van der Waals surface area contributed by atoms with E-state index in [9.17, 15) is 9.59 Å². The van der Waals surface area contributed by atoms with Crippen molar-refractivity contribution >= 4 is 11.6 Å². The molecular weight excluding hydrogens is 216 g/mol. The van der Waals surface area contributed by atoms with Gasteiger partial charge in [0.1, 0.15) is 0 Å². The van der Waals surface area contributed by atoms with E-state index in [0.717, 1.165) is 26.2 Å². The first-order chi connectivity index (χ1) is 8.04. The predicted molar refractivity (Wildman–Crippen MR) is 65.5 cm³/mol. The molecule has 0 spiro atoms. The van der Waals surface area contributed by atoms with Crippen LogP contribution in [0.5, 0.6) is 0 Å². The molecular formula is C13H18N2O2. The third kappa shape index (κ3) is 1.93. The molecule has 1 fully saturated rings. The number of allylic oxidation sites excluding steroid dienone is 3. The quantitative estimate of drug-likeness (QED) is 0.677. The summed E-state index contributed by atoms with van der Waals surface area (Å²) in [5.74, 6) is 0.0251. The number of piperazine rings is 1. The van der Waals surface area contributed by atoms with Crippen LogP contribution in [0.4, 0.5) is 0 Å². The van der Waals surface area contributed by atoms with E-state index >= 15 is 0 Å². The smallest absolute Gasteiger partial charge is 0.205 e. The highest BCUT2D eigenvalue weighted by Gasteiger charge is 2.31. The Morgan fingerprint density at radius 2 is 1.41 bits per heavy atom. The zero-order valence-corrected chi connectivity index (χ0v) is 10.6. The Labute approximate surface area is 101 Å². The molecule has 0 aromatic carbocycles. The first kappa shape index (κ1) is 12.0. The van der Waals surface area contributed by atoms with Gasteiger partial charge < -0.3 is 10.2 Å². The van der Waals surface area contributed by atoms with Crippen LogP contribution in [0.1, 0.15) is 20.8 Å². The van der Waals surface area contributed by atoms with Gasteiger partial charge in [-0.05, 0) is 20.8 Å². The fourth-order valence-electron chi connectivity index (χ4n) is 2.35. The molecule has 2 aliphatic rings. The number of nitrogens with zero attached hydrogens (tertiary/aromatic N) is 1. The lowest BCUT2D eigenvalue weighted by Crippen LogP contribution is -2.46. The third-order valence-electron chi connectivity index (χ3n) is 3.59. The molecule has 0 atom stereocenters. The number of rotatable bonds is 1. The van der Waals surface area contributed by atoms with E-state index in [1.165, 1.54) is 0 Å². The molecule has 17 heavy (non-hydrogen) atoms. The second-order valence-electron chi connectivity index (χ2n) is 4.62. The molecule has 1 N–H and O–H groups in total. The molecule has 4 nitrogen and oxygen atoms in total. The number of ketones is 2. The molecule has 2 rings (SSSR count). The Bertz CT molecular complexity index is 440. The summed E-state index contributed by atoms with van der Waals surface area (Å²) in [6, 6.07) is 0. The van der Waals surface area contributed by atoms with Crippen molar-refractivity contribution in [2.24, 2.45) is 0 Å². The highest BCUT2D eigenvalue weighted by Crippen LogP contribution is 2.26. The fourth-order valence-corrected chi connectivity index (χ4v) is 2.35. The Morgan fingerprint density at radius 1 is 0.882 bits per heavy atom. The molecule has 0 unspecified atom stereocenters. The third-order valence-corrected chi connectivity index (χ3v) is 3.59. The van der Waals surface area contributed by atoms with Crippen molar-refractivity contribution in [1.82, 2.24) is 10.2 Å². The van der Waals surface area contributed by atoms with Crippen LogP contribution in [0.2, 0.25) is 0 Å². The van der Waals surface area contributed by atoms with E-state index in [4.69, 9.17) is 0 Å². The zero-order chi connectivity index (χ0) is 12.6. The average molecular weight is 234 g/mol. The lowest BCUT2D eigenvalue weighted by molar-refractivity contribution is -0.117. The second kappa shape index (κ2) is 4.45. The molecule has 0 amide bonds. The molecule has 0 saturated carbocycles. The summed E-state index contributed by atoms with van der Waals surface area (Å²) in [6.45, 7) is 8.53. The summed E-state index contributed by atoms with van der Waals surface area (Å²) in [5, 5.41) is 3.24. The lowest BCUT2D eigenvalue weighted by Gasteiger charge is -2.33. The zero-order valence-electron chi connectivity index (χ0n) is 10.6. The first-order valence-electron chi connectivity index (χ1n) is 5.97. The maximum absolute atomic E-state index is 12.3. The second-order valence-corrected chi connectivity index (χ2v) is 4.62. The van der Waals surface area contributed by atoms with Crippen molar-refractivity contribution in [1.29, 1.82) is 0 Å². The Hall–Kier alpha value is -1.42. The van der Waals surface area contributed by atoms with Crippen LogP contribution >= 0.6 is 0 Å². The normalized spacial score (nSPS) is 22.6. The molecule has 1 saturated heterocycles. The van der Waals surface area contributed by atoms with Crippen LogP contribution in [0, 0.1) is 0 Å². The maximum atomic E-state index is 12.3. The minimum Gasteiger partial charge on any atom is -0.365 e. The van der Waals surface area contributed by atoms with Gasteiger partial charge in [-0.1, -0.05) is 0 Å². The monoisotopic (exact) mass is 234 g/mol. The predicted octanol–water partition coefficient (Wildman–Crippen LogP) is 0.654. The largest absolute Gasteiger partial charge is 0.365 e. The van der Waals surface area contributed by atoms with E-state index in [2.05, 4.69) is 5.32 Å². The number of carbonyl (C=O) groups is 2. The van der Waals surface area contributed by atoms with Gasteiger partial charge in [-0.15, -0.1) is 0 Å². The summed E-state index contributed by atoms with van der Waals surface area (Å²) in [7, 11) is 0. The number of hydrogen-bond acceptors (Lipinski definition) is 4. The molecule has 92 valence electrons. The van der Waals surface area contributed by atoms with Gasteiger partial charge in [0.2, 0.25) is 5.78 Å². The van der Waals surface area contributed by atoms with Crippen LogP contribution in [-0.4, -0.2) is 42.6 Å². The van der Waals surface area contributed by atoms with Crippen LogP contribution in [0.15, 0.2) is 22.4 Å². The standard InChI is InChI=1S/C13H18N2O2/c1-8-9(2)13(17)11(10(3)12(8)16)15-6-4-14-5-7-15/h14H,4-7H2,1-3H3. The summed E-state index contributed by atoms with van der Waals surface area (Å²) in [5.41, 5.74) is 2.39. The van der Waals surface area contributed by atoms with Crippen molar-refractivity contribution < 1.29 is 9.59 Å². The fraction of sp³-hybridized carbons (Fsp3) is 0.538. The topological polar surface area (TPSA) is 49.4 Å². The van der Waals surface area contributed by atoms with Gasteiger partial charge in [0.05, 0.1) is 5.70 Å². The van der Waals surface area contributed by atoms with Crippen LogP contribution in [-0.2, 0) is 9.59 Å². The molecule has 4 heteroatoms. The van der Waals surface area contributed by atoms with Crippen LogP contribution in [0.25, 0.3) is 0 Å². The Kier molecular flexibility index (Phi) is 3.15. The minimum absolute atomic E-state index is 0.00985. The van der Waals surface area contributed by atoms with Gasteiger partial charge in [-0.2, -0.15) is 0 Å². The van der Waals surface area contributed by atoms with E-state index in [0.29, 0.717) is 22.4 Å². The van der Waals surface area contributed by atoms with Crippen molar-refractivity contribution in [3.05, 3.63) is 22.4 Å². The molecule has 1 heterocycles. The number of Topliss-reactive ketones (excluding diaryl/α,β-unsaturated/α-hetero) is 2. The Balaban J connectivity index is 2.38. The van der Waals surface area contributed by atoms with Gasteiger partial charge >= 0.3 is 0 Å². The van der Waals surface area contributed by atoms with Crippen molar-refractivity contribution in [2.45, 2.75) is 20.8 Å². The van der Waals surface area contributed by atoms with Gasteiger partial charge in [0, 0.05) is 42.9 Å². The van der Waals surface area contributed by atoms with Crippen molar-refractivity contribution in [2.75, 3.05) is 26.2 Å². The molecule has 1 aliphatic heterocycles. The number of carbonyl (C=O) groups excluding carboxylic acids is 2. The molecule has 1 aliphatic carbocycles. The van der Waals surface area contributed by atoms with Gasteiger partial charge in [-0.25, -0.2) is 0 Å². The molecule has 0 radical (unpaired) electrons. The Morgan fingerprint density at radius 3 is 2.00 bits per heavy atom. The lowest BCUT2D eigenvalue weighted by atomic mass is 9.88. The van der Waals surface area contributed by atoms with Gasteiger partial charge in [-0.3, -0.25) is 9.59 Å². The highest BCUT2D eigenvalue weighted by molar-refractivity contribution is 6.24. The maximum Gasteiger partial charge on any atom is 0.205 e. The van der Waals surface area contributed by atoms with E-state index in [1.54, 1.807) is 20.8 Å². The van der Waals surface area contributed by atoms with E-state index < -0.39 is 0 Å². The molecule has 0 bridgehead atoms. The molecule has 0 aromatic rings. The van der Waals surface area contributed by atoms with E-state index in [1.807, 2.05) is 4.90 Å². The van der Waals surface area contributed by atoms with Crippen LogP contribution in [0.3, 0.4) is 0 Å². The molecule has 0 aromatic heterocycles. The SMILES string of the molecule is CC1=C(C)C(=O)C(N2CCNCC2)=C(C)C1=O. The number of nitrogens with one attached hydrogen (secondary N) is 1. The number of hydrogen-bond donors (Lipinski definition) is 1. The minimum atomic E-state index is 0.00985. The summed E-state index contributed by atoms with van der Waals surface area (Å²) in [4.78, 5) is 26.3. The van der Waals surface area contributed by atoms with Crippen molar-refractivity contribution in [3.63, 3.8) is 0 Å². The summed E-state index contributed by atoms with van der Waals surface area (Å²) >= 11 is 0. The van der Waals surface area contributed by atoms with Gasteiger partial charge in [0.15, 0.2) is 5.78 Å². The van der Waals surface area contributed by atoms with Crippen LogP contribution < -0.4 is 5.32 Å². The summed E-state index contributed by atoms with van der Waals surface area (Å²) < 4.78 is 0. The first-order valence-corrected chi connectivity index (χ1v) is 5.97. The van der Waals surface area contributed by atoms with Gasteiger partial charge in [0.25, 0.3) is 0 Å². The van der Waals surface area contributed by atoms with E-state index in [-0.39, 0.29) is 11.6 Å². The summed E-state index contributed by atoms with van der Waals surface area (Å²) in [6.07, 6.45) is 0.